The first-order valence-corrected chi connectivity index (χ1v) is 10.6. The van der Waals surface area contributed by atoms with Gasteiger partial charge in [-0.1, -0.05) is 56.8 Å². The molecule has 5 heteroatoms. The third kappa shape index (κ3) is 5.01. The Kier molecular flexibility index (Phi) is 8.21. The number of phenols is 1. The summed E-state index contributed by atoms with van der Waals surface area (Å²) in [6.45, 7) is 12.4. The van der Waals surface area contributed by atoms with Gasteiger partial charge in [0.1, 0.15) is 11.6 Å². The molecular formula is C27H33N3O2. The Morgan fingerprint density at radius 3 is 2.47 bits per heavy atom. The summed E-state index contributed by atoms with van der Waals surface area (Å²) in [5, 5.41) is 11.3. The molecule has 32 heavy (non-hydrogen) atoms. The van der Waals surface area contributed by atoms with E-state index >= 15 is 0 Å². The SMILES string of the molecule is C=c1c(C=O)c(N)n(-c2cc(O)ccc2C)/c1=C/C=C(\C)c1cccc(C(C)C)c1.CN. The van der Waals surface area contributed by atoms with Crippen LogP contribution in [0.25, 0.3) is 23.9 Å². The smallest absolute Gasteiger partial charge is 0.154 e. The lowest BCUT2D eigenvalue weighted by Crippen LogP contribution is -2.28. The summed E-state index contributed by atoms with van der Waals surface area (Å²) < 4.78 is 1.77. The summed E-state index contributed by atoms with van der Waals surface area (Å²) in [4.78, 5) is 11.6. The van der Waals surface area contributed by atoms with Gasteiger partial charge < -0.3 is 16.6 Å². The fourth-order valence-electron chi connectivity index (χ4n) is 3.53. The number of carbonyl (C=O) groups excluding carboxylic acids is 1. The molecule has 0 spiro atoms. The van der Waals surface area contributed by atoms with Gasteiger partial charge in [0.15, 0.2) is 6.29 Å². The molecule has 0 atom stereocenters. The minimum absolute atomic E-state index is 0.130. The molecule has 168 valence electrons. The molecule has 0 aliphatic rings. The largest absolute Gasteiger partial charge is 0.508 e. The van der Waals surface area contributed by atoms with Crippen molar-refractivity contribution < 1.29 is 9.90 Å². The van der Waals surface area contributed by atoms with E-state index in [0.29, 0.717) is 33.6 Å². The molecule has 0 radical (unpaired) electrons. The van der Waals surface area contributed by atoms with E-state index in [4.69, 9.17) is 5.73 Å². The van der Waals surface area contributed by atoms with Crippen LogP contribution in [0.2, 0.25) is 0 Å². The number of allylic oxidation sites excluding steroid dienone is 2. The molecule has 0 saturated heterocycles. The van der Waals surface area contributed by atoms with Gasteiger partial charge in [-0.15, -0.1) is 0 Å². The number of phenolic OH excluding ortho intramolecular Hbond substituents is 1. The van der Waals surface area contributed by atoms with Gasteiger partial charge in [-0.25, -0.2) is 0 Å². The first-order valence-electron chi connectivity index (χ1n) is 10.6. The molecule has 2 aromatic carbocycles. The lowest BCUT2D eigenvalue weighted by Gasteiger charge is -2.11. The van der Waals surface area contributed by atoms with Gasteiger partial charge in [0, 0.05) is 11.3 Å². The monoisotopic (exact) mass is 431 g/mol. The second-order valence-corrected chi connectivity index (χ2v) is 7.88. The summed E-state index contributed by atoms with van der Waals surface area (Å²) in [6.07, 6.45) is 4.66. The van der Waals surface area contributed by atoms with Crippen LogP contribution in [-0.2, 0) is 0 Å². The molecule has 3 aromatic rings. The van der Waals surface area contributed by atoms with Crippen LogP contribution in [0.5, 0.6) is 5.75 Å². The molecule has 0 saturated carbocycles. The third-order valence-electron chi connectivity index (χ3n) is 5.44. The Morgan fingerprint density at radius 1 is 1.16 bits per heavy atom. The fraction of sp³-hybridized carbons (Fsp3) is 0.222. The van der Waals surface area contributed by atoms with E-state index in [2.05, 4.69) is 57.3 Å². The Hall–Kier alpha value is -3.57. The van der Waals surface area contributed by atoms with Crippen molar-refractivity contribution in [2.45, 2.75) is 33.6 Å². The van der Waals surface area contributed by atoms with Crippen molar-refractivity contribution >= 4 is 30.3 Å². The summed E-state index contributed by atoms with van der Waals surface area (Å²) in [6, 6.07) is 13.6. The zero-order valence-electron chi connectivity index (χ0n) is 19.5. The average molecular weight is 432 g/mol. The highest BCUT2D eigenvalue weighted by molar-refractivity contribution is 5.84. The second-order valence-electron chi connectivity index (χ2n) is 7.88. The number of aromatic hydroxyl groups is 1. The quantitative estimate of drug-likeness (QED) is 0.535. The molecule has 3 rings (SSSR count). The van der Waals surface area contributed by atoms with Crippen LogP contribution in [0.1, 0.15) is 53.7 Å². The van der Waals surface area contributed by atoms with Gasteiger partial charge in [0.25, 0.3) is 0 Å². The molecule has 0 amide bonds. The lowest BCUT2D eigenvalue weighted by atomic mass is 9.98. The molecule has 0 aliphatic heterocycles. The minimum atomic E-state index is 0.130. The van der Waals surface area contributed by atoms with E-state index in [9.17, 15) is 9.90 Å². The maximum Gasteiger partial charge on any atom is 0.154 e. The van der Waals surface area contributed by atoms with Crippen LogP contribution in [-0.4, -0.2) is 23.0 Å². The lowest BCUT2D eigenvalue weighted by molar-refractivity contribution is 0.112. The van der Waals surface area contributed by atoms with Gasteiger partial charge in [0.05, 0.1) is 16.6 Å². The summed E-state index contributed by atoms with van der Waals surface area (Å²) in [5.41, 5.74) is 16.3. The zero-order valence-corrected chi connectivity index (χ0v) is 19.5. The van der Waals surface area contributed by atoms with Gasteiger partial charge >= 0.3 is 0 Å². The predicted molar refractivity (Wildman–Crippen MR) is 136 cm³/mol. The van der Waals surface area contributed by atoms with Crippen LogP contribution >= 0.6 is 0 Å². The molecular weight excluding hydrogens is 398 g/mol. The molecule has 0 unspecified atom stereocenters. The van der Waals surface area contributed by atoms with Gasteiger partial charge in [-0.2, -0.15) is 0 Å². The van der Waals surface area contributed by atoms with Crippen molar-refractivity contribution in [3.05, 3.63) is 81.4 Å². The predicted octanol–water partition coefficient (Wildman–Crippen LogP) is 3.88. The number of aromatic nitrogens is 1. The Labute approximate surface area is 190 Å². The van der Waals surface area contributed by atoms with Crippen LogP contribution in [0.15, 0.2) is 48.5 Å². The van der Waals surface area contributed by atoms with E-state index in [0.717, 1.165) is 23.0 Å². The standard InChI is InChI=1S/C26H28N2O2.CH5N/c1-16(2)20-7-6-8-21(13-20)17(3)10-12-24-19(5)23(15-29)26(27)28(24)25-14-22(30)11-9-18(25)4;1-2/h6-16,30H,5,27H2,1-4H3;2H2,1H3/b17-10+,24-12+;. The van der Waals surface area contributed by atoms with Gasteiger partial charge in [-0.05, 0) is 61.2 Å². The number of aryl methyl sites for hydroxylation is 1. The highest BCUT2D eigenvalue weighted by Gasteiger charge is 2.14. The average Bonchev–Trinajstić information content (AvgIpc) is 3.03. The molecule has 0 aliphatic carbocycles. The number of nitrogen functional groups attached to an aromatic ring is 1. The number of aldehydes is 1. The van der Waals surface area contributed by atoms with Crippen molar-refractivity contribution in [3.8, 4) is 11.4 Å². The second kappa shape index (κ2) is 10.6. The first-order chi connectivity index (χ1) is 15.2. The molecule has 5 nitrogen and oxygen atoms in total. The molecule has 5 N–H and O–H groups in total. The van der Waals surface area contributed by atoms with Gasteiger partial charge in [0.2, 0.25) is 0 Å². The Balaban J connectivity index is 0.00000176. The number of benzene rings is 2. The number of anilines is 1. The number of hydrogen-bond donors (Lipinski definition) is 3. The van der Waals surface area contributed by atoms with E-state index in [1.54, 1.807) is 16.7 Å². The minimum Gasteiger partial charge on any atom is -0.508 e. The number of nitrogens with zero attached hydrogens (tertiary/aromatic N) is 1. The van der Waals surface area contributed by atoms with E-state index in [1.807, 2.05) is 25.1 Å². The highest BCUT2D eigenvalue weighted by Crippen LogP contribution is 2.23. The number of rotatable bonds is 5. The third-order valence-corrected chi connectivity index (χ3v) is 5.44. The Bertz CT molecular complexity index is 1250. The molecule has 1 aromatic heterocycles. The summed E-state index contributed by atoms with van der Waals surface area (Å²) in [5.74, 6) is 0.891. The molecule has 1 heterocycles. The van der Waals surface area contributed by atoms with Crippen molar-refractivity contribution in [3.63, 3.8) is 0 Å². The zero-order chi connectivity index (χ0) is 24.0. The van der Waals surface area contributed by atoms with Crippen molar-refractivity contribution in [2.24, 2.45) is 5.73 Å². The van der Waals surface area contributed by atoms with Crippen LogP contribution < -0.4 is 22.0 Å². The maximum absolute atomic E-state index is 11.6. The van der Waals surface area contributed by atoms with Gasteiger partial charge in [-0.3, -0.25) is 9.36 Å². The van der Waals surface area contributed by atoms with E-state index in [-0.39, 0.29) is 5.75 Å². The Morgan fingerprint density at radius 2 is 1.84 bits per heavy atom. The number of hydrogen-bond acceptors (Lipinski definition) is 4. The summed E-state index contributed by atoms with van der Waals surface area (Å²) >= 11 is 0. The van der Waals surface area contributed by atoms with Crippen molar-refractivity contribution in [1.29, 1.82) is 0 Å². The molecule has 0 bridgehead atoms. The maximum atomic E-state index is 11.6. The highest BCUT2D eigenvalue weighted by atomic mass is 16.3. The van der Waals surface area contributed by atoms with Crippen LogP contribution in [0, 0.1) is 6.92 Å². The van der Waals surface area contributed by atoms with Crippen molar-refractivity contribution in [2.75, 3.05) is 12.8 Å². The number of nitrogens with two attached hydrogens (primary N) is 2. The first kappa shape index (κ1) is 24.7. The van der Waals surface area contributed by atoms with Crippen LogP contribution in [0.3, 0.4) is 0 Å². The van der Waals surface area contributed by atoms with E-state index < -0.39 is 0 Å². The number of carbonyl (C=O) groups is 1. The van der Waals surface area contributed by atoms with Crippen LogP contribution in [0.4, 0.5) is 5.82 Å². The fourth-order valence-corrected chi connectivity index (χ4v) is 3.53. The van der Waals surface area contributed by atoms with E-state index in [1.165, 1.54) is 12.6 Å². The topological polar surface area (TPSA) is 94.3 Å². The molecule has 0 fully saturated rings. The normalized spacial score (nSPS) is 12.0. The van der Waals surface area contributed by atoms with Crippen molar-refractivity contribution in [1.82, 2.24) is 4.57 Å². The summed E-state index contributed by atoms with van der Waals surface area (Å²) in [7, 11) is 1.50.